The molecule has 0 saturated carbocycles. The number of hydrogen-bond donors (Lipinski definition) is 0. The highest BCUT2D eigenvalue weighted by molar-refractivity contribution is 5.98. The van der Waals surface area contributed by atoms with Crippen LogP contribution in [-0.4, -0.2) is 56.8 Å². The van der Waals surface area contributed by atoms with Gasteiger partial charge in [0.2, 0.25) is 0 Å². The molecule has 0 spiro atoms. The van der Waals surface area contributed by atoms with Crippen LogP contribution in [0.4, 0.5) is 0 Å². The van der Waals surface area contributed by atoms with Crippen LogP contribution in [0.2, 0.25) is 0 Å². The Morgan fingerprint density at radius 1 is 1.29 bits per heavy atom. The second kappa shape index (κ2) is 8.70. The first-order valence-corrected chi connectivity index (χ1v) is 7.42. The summed E-state index contributed by atoms with van der Waals surface area (Å²) in [4.78, 5) is 25.4. The molecule has 1 fully saturated rings. The largest absolute Gasteiger partial charge is 0.497 e. The van der Waals surface area contributed by atoms with Crippen molar-refractivity contribution in [1.82, 2.24) is 4.90 Å². The van der Waals surface area contributed by atoms with E-state index in [1.807, 2.05) is 0 Å². The van der Waals surface area contributed by atoms with Gasteiger partial charge in [-0.1, -0.05) is 12.1 Å². The number of carbonyl (C=O) groups excluding carboxylic acids is 2. The summed E-state index contributed by atoms with van der Waals surface area (Å²) in [5.41, 5.74) is 0.485. The number of carbonyl (C=O) groups is 2. The summed E-state index contributed by atoms with van der Waals surface area (Å²) in [5.74, 6) is -0.451. The van der Waals surface area contributed by atoms with Crippen molar-refractivity contribution in [2.24, 2.45) is 0 Å². The molecule has 0 aromatic heterocycles. The Kier molecular flexibility index (Phi) is 6.34. The molecule has 1 amide bonds. The fourth-order valence-corrected chi connectivity index (χ4v) is 2.11. The Labute approximate surface area is 140 Å². The molecule has 1 aromatic carbocycles. The quantitative estimate of drug-likeness (QED) is 0.455. The Hall–Kier alpha value is -2.85. The SMILES string of the molecule is COc1ccc(/C=C(\C#N)C(=O)OCC(=O)N2CCOCC2)cc1. The maximum atomic E-state index is 12.0. The lowest BCUT2D eigenvalue weighted by atomic mass is 10.1. The van der Waals surface area contributed by atoms with E-state index >= 15 is 0 Å². The summed E-state index contributed by atoms with van der Waals surface area (Å²) in [6, 6.07) is 8.65. The molecule has 7 heteroatoms. The van der Waals surface area contributed by atoms with Gasteiger partial charge < -0.3 is 19.1 Å². The van der Waals surface area contributed by atoms with Crippen LogP contribution in [-0.2, 0) is 19.1 Å². The molecule has 0 aliphatic carbocycles. The minimum absolute atomic E-state index is 0.171. The number of hydrogen-bond acceptors (Lipinski definition) is 6. The maximum Gasteiger partial charge on any atom is 0.349 e. The molecule has 0 bridgehead atoms. The summed E-state index contributed by atoms with van der Waals surface area (Å²) in [6.07, 6.45) is 1.40. The number of methoxy groups -OCH3 is 1. The van der Waals surface area contributed by atoms with Crippen LogP contribution in [0, 0.1) is 11.3 Å². The summed E-state index contributed by atoms with van der Waals surface area (Å²) in [6.45, 7) is 1.51. The van der Waals surface area contributed by atoms with Crippen molar-refractivity contribution < 1.29 is 23.8 Å². The van der Waals surface area contributed by atoms with Gasteiger partial charge in [0.25, 0.3) is 5.91 Å². The first-order chi connectivity index (χ1) is 11.6. The Bertz CT molecular complexity index is 655. The molecule has 7 nitrogen and oxygen atoms in total. The van der Waals surface area contributed by atoms with Gasteiger partial charge in [0.1, 0.15) is 17.4 Å². The second-order valence-electron chi connectivity index (χ2n) is 5.01. The Morgan fingerprint density at radius 2 is 1.96 bits per heavy atom. The molecular weight excluding hydrogens is 312 g/mol. The van der Waals surface area contributed by atoms with E-state index in [1.54, 1.807) is 42.3 Å². The number of rotatable bonds is 5. The van der Waals surface area contributed by atoms with Gasteiger partial charge >= 0.3 is 5.97 Å². The van der Waals surface area contributed by atoms with E-state index < -0.39 is 5.97 Å². The molecule has 24 heavy (non-hydrogen) atoms. The fourth-order valence-electron chi connectivity index (χ4n) is 2.11. The van der Waals surface area contributed by atoms with Gasteiger partial charge in [0.05, 0.1) is 20.3 Å². The van der Waals surface area contributed by atoms with Gasteiger partial charge in [-0.25, -0.2) is 4.79 Å². The normalized spacial score (nSPS) is 14.7. The van der Waals surface area contributed by atoms with Crippen molar-refractivity contribution in [3.8, 4) is 11.8 Å². The summed E-state index contributed by atoms with van der Waals surface area (Å²) >= 11 is 0. The molecule has 0 N–H and O–H groups in total. The van der Waals surface area contributed by atoms with Gasteiger partial charge in [-0.15, -0.1) is 0 Å². The van der Waals surface area contributed by atoms with E-state index in [0.717, 1.165) is 0 Å². The van der Waals surface area contributed by atoms with Crippen molar-refractivity contribution in [3.05, 3.63) is 35.4 Å². The zero-order valence-corrected chi connectivity index (χ0v) is 13.4. The molecule has 0 unspecified atom stereocenters. The standard InChI is InChI=1S/C17H18N2O5/c1-22-15-4-2-13(3-5-15)10-14(11-18)17(21)24-12-16(20)19-6-8-23-9-7-19/h2-5,10H,6-9,12H2,1H3/b14-10+. The minimum Gasteiger partial charge on any atom is -0.497 e. The highest BCUT2D eigenvalue weighted by Crippen LogP contribution is 2.14. The highest BCUT2D eigenvalue weighted by Gasteiger charge is 2.19. The molecule has 2 rings (SSSR count). The predicted octanol–water partition coefficient (Wildman–Crippen LogP) is 1.00. The smallest absolute Gasteiger partial charge is 0.349 e. The summed E-state index contributed by atoms with van der Waals surface area (Å²) < 4.78 is 15.1. The van der Waals surface area contributed by atoms with Crippen LogP contribution in [0.25, 0.3) is 6.08 Å². The zero-order valence-electron chi connectivity index (χ0n) is 13.4. The molecule has 1 aliphatic heterocycles. The fraction of sp³-hybridized carbons (Fsp3) is 0.353. The predicted molar refractivity (Wildman–Crippen MR) is 84.9 cm³/mol. The highest BCUT2D eigenvalue weighted by atomic mass is 16.5. The Balaban J connectivity index is 1.94. The molecular formula is C17H18N2O5. The van der Waals surface area contributed by atoms with Crippen molar-refractivity contribution in [2.45, 2.75) is 0 Å². The molecule has 0 radical (unpaired) electrons. The molecule has 1 aromatic rings. The number of nitrogens with zero attached hydrogens (tertiary/aromatic N) is 2. The molecule has 1 saturated heterocycles. The average molecular weight is 330 g/mol. The maximum absolute atomic E-state index is 12.0. The number of morpholine rings is 1. The van der Waals surface area contributed by atoms with Crippen LogP contribution in [0.15, 0.2) is 29.8 Å². The van der Waals surface area contributed by atoms with Crippen molar-refractivity contribution in [3.63, 3.8) is 0 Å². The van der Waals surface area contributed by atoms with E-state index in [1.165, 1.54) is 6.08 Å². The van der Waals surface area contributed by atoms with E-state index in [-0.39, 0.29) is 18.1 Å². The topological polar surface area (TPSA) is 88.9 Å². The Morgan fingerprint density at radius 3 is 2.54 bits per heavy atom. The van der Waals surface area contributed by atoms with Crippen molar-refractivity contribution in [1.29, 1.82) is 5.26 Å². The number of benzene rings is 1. The van der Waals surface area contributed by atoms with Crippen LogP contribution < -0.4 is 4.74 Å². The molecule has 126 valence electrons. The van der Waals surface area contributed by atoms with Crippen LogP contribution in [0.3, 0.4) is 0 Å². The summed E-state index contributed by atoms with van der Waals surface area (Å²) in [7, 11) is 1.55. The first-order valence-electron chi connectivity index (χ1n) is 7.42. The third kappa shape index (κ3) is 4.83. The van der Waals surface area contributed by atoms with Gasteiger partial charge in [-0.2, -0.15) is 5.26 Å². The van der Waals surface area contributed by atoms with E-state index in [2.05, 4.69) is 0 Å². The number of esters is 1. The first kappa shape index (κ1) is 17.5. The van der Waals surface area contributed by atoms with Gasteiger partial charge in [-0.3, -0.25) is 4.79 Å². The van der Waals surface area contributed by atoms with Crippen LogP contribution in [0.1, 0.15) is 5.56 Å². The van der Waals surface area contributed by atoms with Crippen molar-refractivity contribution in [2.75, 3.05) is 40.0 Å². The third-order valence-electron chi connectivity index (χ3n) is 3.46. The van der Waals surface area contributed by atoms with Crippen molar-refractivity contribution >= 4 is 18.0 Å². The van der Waals surface area contributed by atoms with E-state index in [9.17, 15) is 9.59 Å². The lowest BCUT2D eigenvalue weighted by molar-refractivity contribution is -0.150. The summed E-state index contributed by atoms with van der Waals surface area (Å²) in [5, 5.41) is 9.12. The lowest BCUT2D eigenvalue weighted by Crippen LogP contribution is -2.42. The second-order valence-corrected chi connectivity index (χ2v) is 5.01. The average Bonchev–Trinajstić information content (AvgIpc) is 2.65. The third-order valence-corrected chi connectivity index (χ3v) is 3.46. The monoisotopic (exact) mass is 330 g/mol. The minimum atomic E-state index is -0.824. The number of ether oxygens (including phenoxy) is 3. The van der Waals surface area contributed by atoms with E-state index in [0.29, 0.717) is 37.6 Å². The molecule has 0 atom stereocenters. The van der Waals surface area contributed by atoms with Gasteiger partial charge in [0.15, 0.2) is 6.61 Å². The lowest BCUT2D eigenvalue weighted by Gasteiger charge is -2.26. The number of amides is 1. The zero-order chi connectivity index (χ0) is 17.4. The van der Waals surface area contributed by atoms with Gasteiger partial charge in [0, 0.05) is 13.1 Å². The number of nitriles is 1. The van der Waals surface area contributed by atoms with Gasteiger partial charge in [-0.05, 0) is 23.8 Å². The van der Waals surface area contributed by atoms with E-state index in [4.69, 9.17) is 19.5 Å². The molecule has 1 aliphatic rings. The molecule has 1 heterocycles. The van der Waals surface area contributed by atoms with Crippen LogP contribution in [0.5, 0.6) is 5.75 Å². The van der Waals surface area contributed by atoms with Crippen LogP contribution >= 0.6 is 0 Å².